The number of nitrogens with two attached hydrogens (primary N) is 1. The van der Waals surface area contributed by atoms with E-state index in [0.717, 1.165) is 21.5 Å². The Morgan fingerprint density at radius 3 is 2.76 bits per heavy atom. The van der Waals surface area contributed by atoms with Crippen molar-refractivity contribution >= 4 is 23.5 Å². The molecule has 1 aliphatic rings. The summed E-state index contributed by atoms with van der Waals surface area (Å²) in [5.74, 6) is 1.89. The zero-order valence-corrected chi connectivity index (χ0v) is 15.4. The maximum absolute atomic E-state index is 10.3. The quantitative estimate of drug-likeness (QED) is 0.705. The Bertz CT molecular complexity index is 727. The van der Waals surface area contributed by atoms with Crippen molar-refractivity contribution in [3.05, 3.63) is 39.8 Å². The van der Waals surface area contributed by atoms with Crippen LogP contribution in [0.4, 0.5) is 0 Å². The van der Waals surface area contributed by atoms with Crippen molar-refractivity contribution in [2.45, 2.75) is 45.4 Å². The van der Waals surface area contributed by atoms with Gasteiger partial charge in [0.05, 0.1) is 0 Å². The highest BCUT2D eigenvalue weighted by Gasteiger charge is 2.31. The number of nitrogens with zero attached hydrogens (tertiary/aromatic N) is 2. The summed E-state index contributed by atoms with van der Waals surface area (Å²) in [5.41, 5.74) is 6.98. The number of aromatic nitrogens is 2. The normalized spacial score (nSPS) is 18.2. The Labute approximate surface area is 152 Å². The zero-order valence-electron chi connectivity index (χ0n) is 14.6. The Morgan fingerprint density at radius 1 is 1.32 bits per heavy atom. The van der Waals surface area contributed by atoms with Crippen molar-refractivity contribution in [2.24, 2.45) is 17.6 Å². The molecule has 1 fully saturated rings. The molecule has 1 aromatic carbocycles. The van der Waals surface area contributed by atoms with E-state index in [1.165, 1.54) is 24.2 Å². The number of aliphatic hydroxyl groups excluding tert-OH is 1. The number of para-hydroxylation sites is 1. The van der Waals surface area contributed by atoms with Crippen LogP contribution in [-0.2, 0) is 0 Å². The van der Waals surface area contributed by atoms with Crippen LogP contribution in [-0.4, -0.2) is 27.6 Å². The second kappa shape index (κ2) is 8.08. The van der Waals surface area contributed by atoms with Gasteiger partial charge in [0.25, 0.3) is 0 Å². The molecular weight excluding hydrogens is 334 g/mol. The molecule has 1 aliphatic carbocycles. The minimum atomic E-state index is -0.737. The molecule has 1 aromatic heterocycles. The maximum Gasteiger partial charge on any atom is 0.173 e. The molecule has 1 heterocycles. The first-order valence-corrected chi connectivity index (χ1v) is 9.52. The molecule has 0 radical (unpaired) electrons. The van der Waals surface area contributed by atoms with Crippen molar-refractivity contribution in [3.8, 4) is 5.75 Å². The lowest BCUT2D eigenvalue weighted by atomic mass is 9.98. The summed E-state index contributed by atoms with van der Waals surface area (Å²) in [7, 11) is 0. The maximum atomic E-state index is 10.3. The van der Waals surface area contributed by atoms with Crippen molar-refractivity contribution < 1.29 is 9.84 Å². The summed E-state index contributed by atoms with van der Waals surface area (Å²) in [6.45, 7) is 4.10. The Morgan fingerprint density at radius 2 is 2.08 bits per heavy atom. The van der Waals surface area contributed by atoms with E-state index in [0.29, 0.717) is 18.1 Å². The standard InChI is InChI=1S/C19H25N3O2S/c1-12(14-7-8-14)11-16(23)19(20)24-17-6-4-3-5-15(17)9-10-18-22-21-13(2)25-18/h3-6,9-10,12,14,16,19,23H,7-8,11,20H2,1-2H3. The number of benzene rings is 1. The summed E-state index contributed by atoms with van der Waals surface area (Å²) in [6, 6.07) is 7.65. The van der Waals surface area contributed by atoms with Crippen LogP contribution in [0.5, 0.6) is 5.75 Å². The van der Waals surface area contributed by atoms with E-state index in [9.17, 15) is 5.11 Å². The number of hydrogen-bond donors (Lipinski definition) is 2. The molecule has 0 amide bonds. The van der Waals surface area contributed by atoms with Crippen molar-refractivity contribution in [2.75, 3.05) is 0 Å². The average Bonchev–Trinajstić information content (AvgIpc) is 3.36. The van der Waals surface area contributed by atoms with Gasteiger partial charge in [-0.1, -0.05) is 36.5 Å². The molecule has 3 rings (SSSR count). The highest BCUT2D eigenvalue weighted by atomic mass is 32.1. The number of aryl methyl sites for hydroxylation is 1. The first kappa shape index (κ1) is 18.0. The molecule has 0 aliphatic heterocycles. The first-order valence-electron chi connectivity index (χ1n) is 8.70. The van der Waals surface area contributed by atoms with E-state index in [1.807, 2.05) is 43.3 Å². The molecule has 1 saturated carbocycles. The van der Waals surface area contributed by atoms with E-state index in [2.05, 4.69) is 17.1 Å². The van der Waals surface area contributed by atoms with Gasteiger partial charge in [0.1, 0.15) is 21.9 Å². The minimum absolute atomic E-state index is 0.487. The lowest BCUT2D eigenvalue weighted by Gasteiger charge is -2.23. The zero-order chi connectivity index (χ0) is 17.8. The second-order valence-corrected chi connectivity index (χ2v) is 7.94. The number of hydrogen-bond acceptors (Lipinski definition) is 6. The van der Waals surface area contributed by atoms with Gasteiger partial charge in [-0.3, -0.25) is 5.73 Å². The summed E-state index contributed by atoms with van der Waals surface area (Å²) < 4.78 is 5.85. The highest BCUT2D eigenvalue weighted by molar-refractivity contribution is 7.12. The van der Waals surface area contributed by atoms with Crippen molar-refractivity contribution in [1.82, 2.24) is 10.2 Å². The summed E-state index contributed by atoms with van der Waals surface area (Å²) >= 11 is 1.53. The van der Waals surface area contributed by atoms with Gasteiger partial charge in [-0.25, -0.2) is 0 Å². The molecule has 134 valence electrons. The van der Waals surface area contributed by atoms with Gasteiger partial charge in [-0.05, 0) is 56.2 Å². The van der Waals surface area contributed by atoms with Crippen LogP contribution in [0.3, 0.4) is 0 Å². The molecule has 0 saturated heterocycles. The molecule has 3 N–H and O–H groups in total. The Balaban J connectivity index is 1.64. The molecule has 5 nitrogen and oxygen atoms in total. The summed E-state index contributed by atoms with van der Waals surface area (Å²) in [6.07, 6.45) is 5.64. The van der Waals surface area contributed by atoms with Gasteiger partial charge in [0, 0.05) is 5.56 Å². The average molecular weight is 359 g/mol. The first-order chi connectivity index (χ1) is 12.0. The van der Waals surface area contributed by atoms with Gasteiger partial charge in [0.15, 0.2) is 6.23 Å². The second-order valence-electron chi connectivity index (χ2n) is 6.73. The molecule has 6 heteroatoms. The number of rotatable bonds is 8. The third-order valence-corrected chi connectivity index (χ3v) is 5.35. The van der Waals surface area contributed by atoms with E-state index < -0.39 is 12.3 Å². The van der Waals surface area contributed by atoms with E-state index in [4.69, 9.17) is 10.5 Å². The monoisotopic (exact) mass is 359 g/mol. The van der Waals surface area contributed by atoms with Crippen LogP contribution in [0.2, 0.25) is 0 Å². The summed E-state index contributed by atoms with van der Waals surface area (Å²) in [4.78, 5) is 0. The van der Waals surface area contributed by atoms with E-state index >= 15 is 0 Å². The third kappa shape index (κ3) is 5.11. The third-order valence-electron chi connectivity index (χ3n) is 4.55. The highest BCUT2D eigenvalue weighted by Crippen LogP contribution is 2.39. The fourth-order valence-corrected chi connectivity index (χ4v) is 3.47. The SMILES string of the molecule is Cc1nnc(C=Cc2ccccc2OC(N)C(O)CC(C)C2CC2)s1. The topological polar surface area (TPSA) is 81.3 Å². The van der Waals surface area contributed by atoms with Crippen LogP contribution >= 0.6 is 11.3 Å². The van der Waals surface area contributed by atoms with Gasteiger partial charge >= 0.3 is 0 Å². The molecule has 3 atom stereocenters. The fraction of sp³-hybridized carbons (Fsp3) is 0.474. The molecule has 0 bridgehead atoms. The Kier molecular flexibility index (Phi) is 5.83. The lowest BCUT2D eigenvalue weighted by Crippen LogP contribution is -2.41. The van der Waals surface area contributed by atoms with Crippen molar-refractivity contribution in [3.63, 3.8) is 0 Å². The van der Waals surface area contributed by atoms with Crippen LogP contribution < -0.4 is 10.5 Å². The van der Waals surface area contributed by atoms with Crippen LogP contribution in [0.25, 0.3) is 12.2 Å². The van der Waals surface area contributed by atoms with Gasteiger partial charge in [-0.15, -0.1) is 10.2 Å². The Hall–Kier alpha value is -1.76. The van der Waals surface area contributed by atoms with Gasteiger partial charge in [0.2, 0.25) is 0 Å². The van der Waals surface area contributed by atoms with Crippen LogP contribution in [0.15, 0.2) is 24.3 Å². The van der Waals surface area contributed by atoms with Gasteiger partial charge < -0.3 is 9.84 Å². The molecule has 0 spiro atoms. The molecule has 25 heavy (non-hydrogen) atoms. The molecule has 2 aromatic rings. The van der Waals surface area contributed by atoms with E-state index in [1.54, 1.807) is 0 Å². The molecule has 3 unspecified atom stereocenters. The van der Waals surface area contributed by atoms with E-state index in [-0.39, 0.29) is 0 Å². The smallest absolute Gasteiger partial charge is 0.173 e. The lowest BCUT2D eigenvalue weighted by molar-refractivity contribution is 0.0233. The number of aliphatic hydroxyl groups is 1. The minimum Gasteiger partial charge on any atom is -0.472 e. The summed E-state index contributed by atoms with van der Waals surface area (Å²) in [5, 5.41) is 20.2. The largest absolute Gasteiger partial charge is 0.472 e. The van der Waals surface area contributed by atoms with Crippen LogP contribution in [0.1, 0.15) is 41.8 Å². The van der Waals surface area contributed by atoms with Gasteiger partial charge in [-0.2, -0.15) is 0 Å². The fourth-order valence-electron chi connectivity index (χ4n) is 2.86. The molecular formula is C19H25N3O2S. The predicted molar refractivity (Wildman–Crippen MR) is 101 cm³/mol. The predicted octanol–water partition coefficient (Wildman–Crippen LogP) is 3.48. The van der Waals surface area contributed by atoms with Crippen molar-refractivity contribution in [1.29, 1.82) is 0 Å². The number of ether oxygens (including phenoxy) is 1. The van der Waals surface area contributed by atoms with Crippen LogP contribution in [0, 0.1) is 18.8 Å².